The molecule has 0 saturated heterocycles. The van der Waals surface area contributed by atoms with Gasteiger partial charge >= 0.3 is 0 Å². The average Bonchev–Trinajstić information content (AvgIpc) is 2.40. The van der Waals surface area contributed by atoms with Crippen molar-refractivity contribution in [3.05, 3.63) is 48.0 Å². The highest BCUT2D eigenvalue weighted by atomic mass is 16.5. The van der Waals surface area contributed by atoms with Gasteiger partial charge in [0.1, 0.15) is 0 Å². The Morgan fingerprint density at radius 2 is 1.78 bits per heavy atom. The predicted molar refractivity (Wildman–Crippen MR) is 74.9 cm³/mol. The Morgan fingerprint density at radius 1 is 1.06 bits per heavy atom. The second-order valence-electron chi connectivity index (χ2n) is 4.54. The molecule has 0 N–H and O–H groups in total. The van der Waals surface area contributed by atoms with Gasteiger partial charge in [0.2, 0.25) is 5.88 Å². The van der Waals surface area contributed by atoms with Crippen molar-refractivity contribution in [3.63, 3.8) is 0 Å². The highest BCUT2D eigenvalue weighted by Gasteiger charge is 2.11. The van der Waals surface area contributed by atoms with Crippen molar-refractivity contribution in [1.82, 2.24) is 4.98 Å². The molecule has 1 heterocycles. The maximum atomic E-state index is 5.49. The van der Waals surface area contributed by atoms with Gasteiger partial charge in [0.15, 0.2) is 0 Å². The summed E-state index contributed by atoms with van der Waals surface area (Å²) in [7, 11) is 0. The molecule has 2 rings (SSSR count). The van der Waals surface area contributed by atoms with Crippen LogP contribution in [-0.2, 0) is 0 Å². The summed E-state index contributed by atoms with van der Waals surface area (Å²) >= 11 is 0. The van der Waals surface area contributed by atoms with E-state index in [2.05, 4.69) is 37.0 Å². The molecule has 0 unspecified atom stereocenters. The van der Waals surface area contributed by atoms with E-state index in [-0.39, 0.29) is 0 Å². The van der Waals surface area contributed by atoms with E-state index in [0.717, 1.165) is 11.3 Å². The Morgan fingerprint density at radius 3 is 2.39 bits per heavy atom. The van der Waals surface area contributed by atoms with Crippen LogP contribution in [0.2, 0.25) is 0 Å². The Balaban J connectivity index is 2.51. The zero-order valence-electron chi connectivity index (χ0n) is 11.2. The second-order valence-corrected chi connectivity index (χ2v) is 4.54. The van der Waals surface area contributed by atoms with Crippen molar-refractivity contribution < 1.29 is 4.74 Å². The number of hydrogen-bond acceptors (Lipinski definition) is 2. The highest BCUT2D eigenvalue weighted by molar-refractivity contribution is 5.64. The van der Waals surface area contributed by atoms with E-state index < -0.39 is 0 Å². The van der Waals surface area contributed by atoms with Crippen LogP contribution >= 0.6 is 0 Å². The molecule has 18 heavy (non-hydrogen) atoms. The number of aromatic nitrogens is 1. The summed E-state index contributed by atoms with van der Waals surface area (Å²) in [5.74, 6) is 1.14. The summed E-state index contributed by atoms with van der Waals surface area (Å²) in [6, 6.07) is 14.3. The predicted octanol–water partition coefficient (Wildman–Crippen LogP) is 4.27. The third kappa shape index (κ3) is 2.70. The third-order valence-corrected chi connectivity index (χ3v) is 2.86. The van der Waals surface area contributed by atoms with Crippen molar-refractivity contribution >= 4 is 0 Å². The van der Waals surface area contributed by atoms with E-state index in [9.17, 15) is 0 Å². The van der Waals surface area contributed by atoms with Gasteiger partial charge in [0.25, 0.3) is 0 Å². The standard InChI is InChI=1S/C16H19NO/c1-4-18-15-11-10-14(12(2)3)16(17-15)13-8-6-5-7-9-13/h5-12H,4H2,1-3H3. The molecular formula is C16H19NO. The fraction of sp³-hybridized carbons (Fsp3) is 0.312. The highest BCUT2D eigenvalue weighted by Crippen LogP contribution is 2.29. The van der Waals surface area contributed by atoms with Gasteiger partial charge < -0.3 is 4.74 Å². The molecule has 0 atom stereocenters. The zero-order valence-corrected chi connectivity index (χ0v) is 11.2. The second kappa shape index (κ2) is 5.67. The molecule has 0 radical (unpaired) electrons. The lowest BCUT2D eigenvalue weighted by Crippen LogP contribution is -2.00. The Hall–Kier alpha value is -1.83. The zero-order chi connectivity index (χ0) is 13.0. The van der Waals surface area contributed by atoms with Crippen LogP contribution in [0.1, 0.15) is 32.3 Å². The smallest absolute Gasteiger partial charge is 0.213 e. The lowest BCUT2D eigenvalue weighted by Gasteiger charge is -2.13. The van der Waals surface area contributed by atoms with Crippen LogP contribution in [0.15, 0.2) is 42.5 Å². The molecule has 0 saturated carbocycles. The molecular weight excluding hydrogens is 222 g/mol. The number of rotatable bonds is 4. The maximum Gasteiger partial charge on any atom is 0.213 e. The molecule has 0 aliphatic rings. The van der Waals surface area contributed by atoms with Gasteiger partial charge in [-0.2, -0.15) is 0 Å². The van der Waals surface area contributed by atoms with Crippen molar-refractivity contribution in [2.45, 2.75) is 26.7 Å². The van der Waals surface area contributed by atoms with Crippen LogP contribution in [0, 0.1) is 0 Å². The van der Waals surface area contributed by atoms with Gasteiger partial charge in [-0.25, -0.2) is 4.98 Å². The minimum atomic E-state index is 0.448. The largest absolute Gasteiger partial charge is 0.478 e. The number of nitrogens with zero attached hydrogens (tertiary/aromatic N) is 1. The topological polar surface area (TPSA) is 22.1 Å². The molecule has 0 bridgehead atoms. The van der Waals surface area contributed by atoms with Gasteiger partial charge in [-0.1, -0.05) is 50.2 Å². The minimum Gasteiger partial charge on any atom is -0.478 e. The molecule has 0 aliphatic heterocycles. The normalized spacial score (nSPS) is 10.7. The van der Waals surface area contributed by atoms with E-state index in [4.69, 9.17) is 4.74 Å². The molecule has 0 fully saturated rings. The summed E-state index contributed by atoms with van der Waals surface area (Å²) < 4.78 is 5.49. The Labute approximate surface area is 109 Å². The van der Waals surface area contributed by atoms with Crippen LogP contribution in [-0.4, -0.2) is 11.6 Å². The van der Waals surface area contributed by atoms with Crippen LogP contribution in [0.25, 0.3) is 11.3 Å². The van der Waals surface area contributed by atoms with E-state index in [1.54, 1.807) is 0 Å². The molecule has 1 aromatic carbocycles. The lowest BCUT2D eigenvalue weighted by molar-refractivity contribution is 0.327. The van der Waals surface area contributed by atoms with Crippen molar-refractivity contribution in [1.29, 1.82) is 0 Å². The number of ether oxygens (including phenoxy) is 1. The number of benzene rings is 1. The van der Waals surface area contributed by atoms with Crippen LogP contribution in [0.3, 0.4) is 0 Å². The maximum absolute atomic E-state index is 5.49. The summed E-state index contributed by atoms with van der Waals surface area (Å²) in [5, 5.41) is 0. The van der Waals surface area contributed by atoms with Crippen LogP contribution in [0.5, 0.6) is 5.88 Å². The minimum absolute atomic E-state index is 0.448. The first-order valence-corrected chi connectivity index (χ1v) is 6.41. The third-order valence-electron chi connectivity index (χ3n) is 2.86. The monoisotopic (exact) mass is 241 g/mol. The Kier molecular flexibility index (Phi) is 3.98. The average molecular weight is 241 g/mol. The van der Waals surface area contributed by atoms with Gasteiger partial charge in [0.05, 0.1) is 12.3 Å². The molecule has 0 aliphatic carbocycles. The first-order chi connectivity index (χ1) is 8.72. The first-order valence-electron chi connectivity index (χ1n) is 6.41. The van der Waals surface area contributed by atoms with E-state index in [1.165, 1.54) is 5.56 Å². The van der Waals surface area contributed by atoms with Gasteiger partial charge in [-0.05, 0) is 18.4 Å². The van der Waals surface area contributed by atoms with Crippen LogP contribution in [0.4, 0.5) is 0 Å². The SMILES string of the molecule is CCOc1ccc(C(C)C)c(-c2ccccc2)n1. The summed E-state index contributed by atoms with van der Waals surface area (Å²) in [6.07, 6.45) is 0. The van der Waals surface area contributed by atoms with E-state index in [1.807, 2.05) is 31.2 Å². The molecule has 0 spiro atoms. The molecule has 0 amide bonds. The van der Waals surface area contributed by atoms with Crippen molar-refractivity contribution in [2.75, 3.05) is 6.61 Å². The summed E-state index contributed by atoms with van der Waals surface area (Å²) in [5.41, 5.74) is 3.42. The molecule has 2 nitrogen and oxygen atoms in total. The van der Waals surface area contributed by atoms with E-state index in [0.29, 0.717) is 18.4 Å². The van der Waals surface area contributed by atoms with Gasteiger partial charge in [-0.15, -0.1) is 0 Å². The fourth-order valence-corrected chi connectivity index (χ4v) is 1.97. The van der Waals surface area contributed by atoms with Gasteiger partial charge in [-0.3, -0.25) is 0 Å². The quantitative estimate of drug-likeness (QED) is 0.797. The Bertz CT molecular complexity index is 506. The molecule has 2 aromatic rings. The van der Waals surface area contributed by atoms with E-state index >= 15 is 0 Å². The number of pyridine rings is 1. The molecule has 94 valence electrons. The summed E-state index contributed by atoms with van der Waals surface area (Å²) in [4.78, 5) is 4.63. The molecule has 2 heteroatoms. The van der Waals surface area contributed by atoms with Crippen LogP contribution < -0.4 is 4.74 Å². The summed E-state index contributed by atoms with van der Waals surface area (Å²) in [6.45, 7) is 6.98. The first kappa shape index (κ1) is 12.6. The molecule has 1 aromatic heterocycles. The van der Waals surface area contributed by atoms with Gasteiger partial charge in [0, 0.05) is 11.6 Å². The van der Waals surface area contributed by atoms with Crippen molar-refractivity contribution in [2.24, 2.45) is 0 Å². The fourth-order valence-electron chi connectivity index (χ4n) is 1.97. The van der Waals surface area contributed by atoms with Crippen molar-refractivity contribution in [3.8, 4) is 17.1 Å². The lowest BCUT2D eigenvalue weighted by atomic mass is 9.97. The number of hydrogen-bond donors (Lipinski definition) is 0.